The van der Waals surface area contributed by atoms with E-state index in [1.54, 1.807) is 6.92 Å². The van der Waals surface area contributed by atoms with E-state index in [0.29, 0.717) is 11.8 Å². The molecule has 0 spiro atoms. The van der Waals surface area contributed by atoms with Gasteiger partial charge in [-0.15, -0.1) is 0 Å². The van der Waals surface area contributed by atoms with Gasteiger partial charge < -0.3 is 10.0 Å². The van der Waals surface area contributed by atoms with Crippen LogP contribution in [-0.4, -0.2) is 35.0 Å². The lowest BCUT2D eigenvalue weighted by molar-refractivity contribution is -0.155. The summed E-state index contributed by atoms with van der Waals surface area (Å²) in [4.78, 5) is 26.0. The Hall–Kier alpha value is -1.06. The molecule has 2 rings (SSSR count). The van der Waals surface area contributed by atoms with Crippen LogP contribution in [0.15, 0.2) is 0 Å². The Morgan fingerprint density at radius 1 is 1.15 bits per heavy atom. The van der Waals surface area contributed by atoms with Gasteiger partial charge in [-0.25, -0.2) is 0 Å². The van der Waals surface area contributed by atoms with Crippen LogP contribution in [0.25, 0.3) is 0 Å². The fraction of sp³-hybridized carbons (Fsp3) is 0.875. The van der Waals surface area contributed by atoms with Gasteiger partial charge in [-0.2, -0.15) is 0 Å². The molecule has 0 aliphatic heterocycles. The van der Waals surface area contributed by atoms with Crippen LogP contribution in [-0.2, 0) is 9.59 Å². The van der Waals surface area contributed by atoms with Crippen LogP contribution in [0.3, 0.4) is 0 Å². The van der Waals surface area contributed by atoms with Crippen molar-refractivity contribution in [2.24, 2.45) is 23.2 Å². The van der Waals surface area contributed by atoms with Crippen molar-refractivity contribution in [3.05, 3.63) is 0 Å². The third-order valence-electron chi connectivity index (χ3n) is 4.99. The Balaban J connectivity index is 1.99. The Kier molecular flexibility index (Phi) is 4.40. The van der Waals surface area contributed by atoms with Gasteiger partial charge in [0, 0.05) is 19.5 Å². The first-order chi connectivity index (χ1) is 9.33. The highest BCUT2D eigenvalue weighted by Crippen LogP contribution is 2.36. The first-order valence-corrected chi connectivity index (χ1v) is 7.84. The van der Waals surface area contributed by atoms with Crippen molar-refractivity contribution in [2.75, 3.05) is 13.1 Å². The fourth-order valence-corrected chi connectivity index (χ4v) is 2.46. The molecule has 0 radical (unpaired) electrons. The van der Waals surface area contributed by atoms with E-state index in [2.05, 4.69) is 0 Å². The van der Waals surface area contributed by atoms with Gasteiger partial charge in [0.25, 0.3) is 0 Å². The van der Waals surface area contributed by atoms with E-state index < -0.39 is 11.4 Å². The second-order valence-corrected chi connectivity index (χ2v) is 7.24. The molecule has 1 N–H and O–H groups in total. The molecule has 2 fully saturated rings. The molecule has 4 nitrogen and oxygen atoms in total. The van der Waals surface area contributed by atoms with E-state index in [-0.39, 0.29) is 18.2 Å². The lowest BCUT2D eigenvalue weighted by atomic mass is 9.76. The van der Waals surface area contributed by atoms with Gasteiger partial charge in [0.2, 0.25) is 5.91 Å². The second-order valence-electron chi connectivity index (χ2n) is 7.24. The number of aliphatic carboxylic acids is 1. The highest BCUT2D eigenvalue weighted by atomic mass is 16.4. The van der Waals surface area contributed by atoms with Gasteiger partial charge in [0.1, 0.15) is 0 Å². The summed E-state index contributed by atoms with van der Waals surface area (Å²) in [7, 11) is 0. The van der Waals surface area contributed by atoms with Crippen molar-refractivity contribution >= 4 is 11.9 Å². The molecular formula is C16H27NO3. The van der Waals surface area contributed by atoms with Gasteiger partial charge in [-0.3, -0.25) is 9.59 Å². The summed E-state index contributed by atoms with van der Waals surface area (Å²) in [5, 5.41) is 9.45. The van der Waals surface area contributed by atoms with Crippen LogP contribution in [0, 0.1) is 23.2 Å². The molecule has 2 aliphatic carbocycles. The maximum absolute atomic E-state index is 12.6. The zero-order valence-corrected chi connectivity index (χ0v) is 12.9. The van der Waals surface area contributed by atoms with E-state index in [1.807, 2.05) is 18.7 Å². The Bertz CT molecular complexity index is 371. The molecule has 0 saturated heterocycles. The number of carbonyl (C=O) groups is 2. The molecule has 0 aromatic carbocycles. The van der Waals surface area contributed by atoms with Gasteiger partial charge in [0.05, 0.1) is 5.41 Å². The lowest BCUT2D eigenvalue weighted by Crippen LogP contribution is -2.42. The van der Waals surface area contributed by atoms with Crippen LogP contribution in [0.1, 0.15) is 52.9 Å². The van der Waals surface area contributed by atoms with Crippen molar-refractivity contribution in [2.45, 2.75) is 52.9 Å². The molecule has 2 aliphatic rings. The lowest BCUT2D eigenvalue weighted by Gasteiger charge is -2.32. The number of carboxylic acids is 1. The number of hydrogen-bond donors (Lipinski definition) is 1. The first kappa shape index (κ1) is 15.3. The summed E-state index contributed by atoms with van der Waals surface area (Å²) < 4.78 is 0. The highest BCUT2D eigenvalue weighted by molar-refractivity contribution is 5.85. The monoisotopic (exact) mass is 281 g/mol. The molecule has 20 heavy (non-hydrogen) atoms. The third kappa shape index (κ3) is 3.74. The molecule has 0 bridgehead atoms. The number of carbonyl (C=O) groups excluding carboxylic acids is 1. The van der Waals surface area contributed by atoms with E-state index in [9.17, 15) is 14.7 Å². The number of hydrogen-bond acceptors (Lipinski definition) is 2. The minimum atomic E-state index is -0.956. The number of amides is 1. The predicted molar refractivity (Wildman–Crippen MR) is 77.2 cm³/mol. The number of rotatable bonds is 8. The highest BCUT2D eigenvalue weighted by Gasteiger charge is 2.41. The van der Waals surface area contributed by atoms with Crippen LogP contribution >= 0.6 is 0 Å². The quantitative estimate of drug-likeness (QED) is 0.744. The van der Waals surface area contributed by atoms with Gasteiger partial charge >= 0.3 is 5.97 Å². The Morgan fingerprint density at radius 2 is 1.60 bits per heavy atom. The SMILES string of the molecule is CC(C)C(C)(CC(=O)N(CC1CC1)CC1CC1)C(=O)O. The van der Waals surface area contributed by atoms with E-state index >= 15 is 0 Å². The van der Waals surface area contributed by atoms with Crippen molar-refractivity contribution in [3.63, 3.8) is 0 Å². The van der Waals surface area contributed by atoms with E-state index in [4.69, 9.17) is 0 Å². The van der Waals surface area contributed by atoms with Gasteiger partial charge in [-0.1, -0.05) is 13.8 Å². The topological polar surface area (TPSA) is 57.6 Å². The molecule has 1 unspecified atom stereocenters. The average molecular weight is 281 g/mol. The summed E-state index contributed by atoms with van der Waals surface area (Å²) >= 11 is 0. The molecule has 114 valence electrons. The zero-order valence-electron chi connectivity index (χ0n) is 12.9. The summed E-state index contributed by atoms with van der Waals surface area (Å²) in [5.41, 5.74) is -0.956. The Morgan fingerprint density at radius 3 is 1.90 bits per heavy atom. The van der Waals surface area contributed by atoms with Crippen LogP contribution < -0.4 is 0 Å². The summed E-state index contributed by atoms with van der Waals surface area (Å²) in [6.07, 6.45) is 4.99. The molecule has 1 amide bonds. The molecular weight excluding hydrogens is 254 g/mol. The summed E-state index contributed by atoms with van der Waals surface area (Å²) in [6.45, 7) is 7.14. The summed E-state index contributed by atoms with van der Waals surface area (Å²) in [6, 6.07) is 0. The maximum Gasteiger partial charge on any atom is 0.310 e. The van der Waals surface area contributed by atoms with Crippen molar-refractivity contribution in [1.29, 1.82) is 0 Å². The number of nitrogens with zero attached hydrogens (tertiary/aromatic N) is 1. The van der Waals surface area contributed by atoms with Crippen LogP contribution in [0.2, 0.25) is 0 Å². The van der Waals surface area contributed by atoms with E-state index in [0.717, 1.165) is 13.1 Å². The minimum absolute atomic E-state index is 0.0300. The Labute approximate surface area is 121 Å². The molecule has 2 saturated carbocycles. The fourth-order valence-electron chi connectivity index (χ4n) is 2.46. The van der Waals surface area contributed by atoms with Crippen molar-refractivity contribution < 1.29 is 14.7 Å². The number of carboxylic acid groups (broad SMARTS) is 1. The van der Waals surface area contributed by atoms with E-state index in [1.165, 1.54) is 25.7 Å². The largest absolute Gasteiger partial charge is 0.481 e. The molecule has 0 aromatic heterocycles. The summed E-state index contributed by atoms with van der Waals surface area (Å²) in [5.74, 6) is 0.439. The molecule has 0 aromatic rings. The smallest absolute Gasteiger partial charge is 0.310 e. The second kappa shape index (κ2) is 5.74. The normalized spacial score (nSPS) is 21.6. The standard InChI is InChI=1S/C16H27NO3/c1-11(2)16(3,15(19)20)8-14(18)17(9-12-4-5-12)10-13-6-7-13/h11-13H,4-10H2,1-3H3,(H,19,20). The molecule has 0 heterocycles. The van der Waals surface area contributed by atoms with Crippen molar-refractivity contribution in [1.82, 2.24) is 4.90 Å². The van der Waals surface area contributed by atoms with Crippen LogP contribution in [0.4, 0.5) is 0 Å². The minimum Gasteiger partial charge on any atom is -0.481 e. The average Bonchev–Trinajstić information content (AvgIpc) is 3.22. The molecule has 1 atom stereocenters. The van der Waals surface area contributed by atoms with Gasteiger partial charge in [-0.05, 0) is 50.4 Å². The zero-order chi connectivity index (χ0) is 14.9. The maximum atomic E-state index is 12.6. The predicted octanol–water partition coefficient (Wildman–Crippen LogP) is 2.77. The van der Waals surface area contributed by atoms with Crippen LogP contribution in [0.5, 0.6) is 0 Å². The van der Waals surface area contributed by atoms with Crippen molar-refractivity contribution in [3.8, 4) is 0 Å². The first-order valence-electron chi connectivity index (χ1n) is 7.84. The molecule has 4 heteroatoms. The third-order valence-corrected chi connectivity index (χ3v) is 4.99. The van der Waals surface area contributed by atoms with Gasteiger partial charge in [0.15, 0.2) is 0 Å².